The van der Waals surface area contributed by atoms with Gasteiger partial charge in [-0.05, 0) is 39.7 Å². The zero-order valence-electron chi connectivity index (χ0n) is 12.5. The van der Waals surface area contributed by atoms with Crippen molar-refractivity contribution in [2.75, 3.05) is 13.1 Å². The minimum atomic E-state index is -0.821. The summed E-state index contributed by atoms with van der Waals surface area (Å²) in [6.45, 7) is 6.39. The number of piperidine rings is 1. The molecule has 6 nitrogen and oxygen atoms in total. The molecule has 3 heterocycles. The number of hydrogen-bond donors (Lipinski definition) is 1. The van der Waals surface area contributed by atoms with Gasteiger partial charge in [-0.3, -0.25) is 4.79 Å². The number of fused-ring (bicyclic) bond motifs is 1. The lowest BCUT2D eigenvalue weighted by molar-refractivity contribution is -0.0106. The number of rotatable bonds is 1. The van der Waals surface area contributed by atoms with Crippen molar-refractivity contribution in [1.82, 2.24) is 15.0 Å². The third kappa shape index (κ3) is 2.51. The molecule has 1 atom stereocenters. The molecule has 0 saturated carbocycles. The second-order valence-corrected chi connectivity index (χ2v) is 6.09. The van der Waals surface area contributed by atoms with Gasteiger partial charge in [0.15, 0.2) is 0 Å². The van der Waals surface area contributed by atoms with Crippen molar-refractivity contribution in [2.24, 2.45) is 0 Å². The van der Waals surface area contributed by atoms with Gasteiger partial charge in [0.25, 0.3) is 11.6 Å². The quantitative estimate of drug-likeness (QED) is 0.866. The lowest BCUT2D eigenvalue weighted by Gasteiger charge is -2.36. The van der Waals surface area contributed by atoms with E-state index in [0.29, 0.717) is 47.6 Å². The van der Waals surface area contributed by atoms with Crippen molar-refractivity contribution in [3.8, 4) is 0 Å². The summed E-state index contributed by atoms with van der Waals surface area (Å²) < 4.78 is 5.17. The van der Waals surface area contributed by atoms with E-state index in [2.05, 4.69) is 10.1 Å². The Balaban J connectivity index is 2.03. The highest BCUT2D eigenvalue weighted by molar-refractivity contribution is 6.06. The number of nitrogens with zero attached hydrogens (tertiary/aromatic N) is 3. The lowest BCUT2D eigenvalue weighted by atomic mass is 9.94. The molecule has 1 fully saturated rings. The van der Waals surface area contributed by atoms with Crippen LogP contribution in [0.25, 0.3) is 11.1 Å². The van der Waals surface area contributed by atoms with E-state index in [1.807, 2.05) is 6.92 Å². The van der Waals surface area contributed by atoms with Crippen molar-refractivity contribution in [1.29, 1.82) is 0 Å². The minimum Gasteiger partial charge on any atom is -0.388 e. The summed E-state index contributed by atoms with van der Waals surface area (Å²) in [5.74, 6) is -0.100. The van der Waals surface area contributed by atoms with Gasteiger partial charge in [-0.25, -0.2) is 4.98 Å². The fraction of sp³-hybridized carbons (Fsp3) is 0.533. The molecule has 1 N–H and O–H groups in total. The predicted molar refractivity (Wildman–Crippen MR) is 77.0 cm³/mol. The SMILES string of the molecule is Cc1cc(C(=O)N2CCCC(C)(O)C2)c2c(C)noc2n1. The third-order valence-corrected chi connectivity index (χ3v) is 3.94. The van der Waals surface area contributed by atoms with Crippen molar-refractivity contribution < 1.29 is 14.4 Å². The summed E-state index contributed by atoms with van der Waals surface area (Å²) >= 11 is 0. The molecule has 1 saturated heterocycles. The number of aromatic nitrogens is 2. The standard InChI is InChI=1S/C15H19N3O3/c1-9-7-11(12-10(2)17-21-13(12)16-9)14(19)18-6-4-5-15(3,20)8-18/h7,20H,4-6,8H2,1-3H3. The van der Waals surface area contributed by atoms with Crippen LogP contribution in [0.2, 0.25) is 0 Å². The van der Waals surface area contributed by atoms with Gasteiger partial charge >= 0.3 is 0 Å². The Labute approximate surface area is 122 Å². The molecule has 6 heteroatoms. The van der Waals surface area contributed by atoms with Crippen LogP contribution in [0.15, 0.2) is 10.6 Å². The van der Waals surface area contributed by atoms with E-state index in [1.165, 1.54) is 0 Å². The van der Waals surface area contributed by atoms with Gasteiger partial charge in [-0.15, -0.1) is 0 Å². The molecular weight excluding hydrogens is 270 g/mol. The predicted octanol–water partition coefficient (Wildman–Crippen LogP) is 1.83. The van der Waals surface area contributed by atoms with Crippen LogP contribution in [0.1, 0.15) is 41.5 Å². The fourth-order valence-corrected chi connectivity index (χ4v) is 2.95. The average Bonchev–Trinajstić information content (AvgIpc) is 2.77. The summed E-state index contributed by atoms with van der Waals surface area (Å²) in [6.07, 6.45) is 1.52. The van der Waals surface area contributed by atoms with Crippen molar-refractivity contribution in [3.05, 3.63) is 23.0 Å². The number of hydrogen-bond acceptors (Lipinski definition) is 5. The van der Waals surface area contributed by atoms with Crippen LogP contribution < -0.4 is 0 Å². The van der Waals surface area contributed by atoms with E-state index in [4.69, 9.17) is 4.52 Å². The zero-order valence-corrected chi connectivity index (χ0v) is 12.5. The highest BCUT2D eigenvalue weighted by Crippen LogP contribution is 2.26. The molecule has 0 radical (unpaired) electrons. The molecule has 2 aromatic heterocycles. The Hall–Kier alpha value is -1.95. The van der Waals surface area contributed by atoms with Crippen LogP contribution in [-0.2, 0) is 0 Å². The summed E-state index contributed by atoms with van der Waals surface area (Å²) in [6, 6.07) is 1.76. The van der Waals surface area contributed by atoms with Crippen molar-refractivity contribution >= 4 is 17.0 Å². The molecule has 21 heavy (non-hydrogen) atoms. The maximum Gasteiger partial charge on any atom is 0.258 e. The van der Waals surface area contributed by atoms with Gasteiger partial charge in [0.2, 0.25) is 0 Å². The largest absolute Gasteiger partial charge is 0.388 e. The van der Waals surface area contributed by atoms with E-state index < -0.39 is 5.60 Å². The molecule has 1 unspecified atom stereocenters. The van der Waals surface area contributed by atoms with Crippen LogP contribution in [-0.4, -0.2) is 44.7 Å². The molecule has 0 bridgehead atoms. The number of pyridine rings is 1. The van der Waals surface area contributed by atoms with Gasteiger partial charge in [-0.1, -0.05) is 5.16 Å². The molecule has 1 aliphatic rings. The number of amides is 1. The van der Waals surface area contributed by atoms with Crippen LogP contribution in [0, 0.1) is 13.8 Å². The molecular formula is C15H19N3O3. The van der Waals surface area contributed by atoms with E-state index >= 15 is 0 Å². The van der Waals surface area contributed by atoms with Crippen LogP contribution in [0.5, 0.6) is 0 Å². The first-order valence-electron chi connectivity index (χ1n) is 7.13. The number of aryl methyl sites for hydroxylation is 2. The molecule has 0 spiro atoms. The Morgan fingerprint density at radius 3 is 2.95 bits per heavy atom. The second-order valence-electron chi connectivity index (χ2n) is 6.09. The fourth-order valence-electron chi connectivity index (χ4n) is 2.95. The van der Waals surface area contributed by atoms with E-state index in [1.54, 1.807) is 24.8 Å². The van der Waals surface area contributed by atoms with Gasteiger partial charge in [0, 0.05) is 18.8 Å². The Bertz CT molecular complexity index is 705. The first-order chi connectivity index (χ1) is 9.87. The molecule has 112 valence electrons. The second kappa shape index (κ2) is 4.80. The molecule has 1 amide bonds. The highest BCUT2D eigenvalue weighted by Gasteiger charge is 2.32. The zero-order chi connectivity index (χ0) is 15.2. The highest BCUT2D eigenvalue weighted by atomic mass is 16.5. The number of carbonyl (C=O) groups excluding carboxylic acids is 1. The normalized spacial score (nSPS) is 22.8. The number of β-amino-alcohol motifs (C(OH)–C–C–N with tert-alkyl or cyclic N) is 1. The first kappa shape index (κ1) is 14.0. The van der Waals surface area contributed by atoms with E-state index in [9.17, 15) is 9.90 Å². The van der Waals surface area contributed by atoms with Crippen LogP contribution in [0.3, 0.4) is 0 Å². The Morgan fingerprint density at radius 2 is 2.24 bits per heavy atom. The Kier molecular flexibility index (Phi) is 3.20. The number of aliphatic hydroxyl groups is 1. The van der Waals surface area contributed by atoms with Gasteiger partial charge < -0.3 is 14.5 Å². The van der Waals surface area contributed by atoms with Crippen molar-refractivity contribution in [3.63, 3.8) is 0 Å². The average molecular weight is 289 g/mol. The van der Waals surface area contributed by atoms with Gasteiger partial charge in [-0.2, -0.15) is 0 Å². The molecule has 0 aliphatic carbocycles. The topological polar surface area (TPSA) is 79.5 Å². The number of carbonyl (C=O) groups is 1. The maximum absolute atomic E-state index is 12.8. The van der Waals surface area contributed by atoms with E-state index in [-0.39, 0.29) is 5.91 Å². The minimum absolute atomic E-state index is 0.100. The van der Waals surface area contributed by atoms with Gasteiger partial charge in [0.05, 0.1) is 22.2 Å². The molecule has 2 aromatic rings. The molecule has 1 aliphatic heterocycles. The lowest BCUT2D eigenvalue weighted by Crippen LogP contribution is -2.48. The number of likely N-dealkylation sites (tertiary alicyclic amines) is 1. The third-order valence-electron chi connectivity index (χ3n) is 3.94. The summed E-state index contributed by atoms with van der Waals surface area (Å²) in [7, 11) is 0. The molecule has 3 rings (SSSR count). The van der Waals surface area contributed by atoms with Crippen LogP contribution in [0.4, 0.5) is 0 Å². The summed E-state index contributed by atoms with van der Waals surface area (Å²) in [5, 5.41) is 14.7. The Morgan fingerprint density at radius 1 is 1.48 bits per heavy atom. The van der Waals surface area contributed by atoms with Gasteiger partial charge in [0.1, 0.15) is 0 Å². The molecule has 0 aromatic carbocycles. The van der Waals surface area contributed by atoms with Crippen molar-refractivity contribution in [2.45, 2.75) is 39.2 Å². The maximum atomic E-state index is 12.8. The van der Waals surface area contributed by atoms with E-state index in [0.717, 1.165) is 6.42 Å². The van der Waals surface area contributed by atoms with Crippen LogP contribution >= 0.6 is 0 Å². The summed E-state index contributed by atoms with van der Waals surface area (Å²) in [5.41, 5.74) is 1.49. The summed E-state index contributed by atoms with van der Waals surface area (Å²) in [4.78, 5) is 18.8. The monoisotopic (exact) mass is 289 g/mol. The smallest absolute Gasteiger partial charge is 0.258 e. The first-order valence-corrected chi connectivity index (χ1v) is 7.13.